The number of hydrogen-bond acceptors (Lipinski definition) is 6. The Morgan fingerprint density at radius 3 is 2.95 bits per heavy atom. The first-order chi connectivity index (χ1) is 9.20. The molecule has 1 saturated heterocycles. The fourth-order valence-electron chi connectivity index (χ4n) is 2.48. The zero-order valence-corrected chi connectivity index (χ0v) is 12.0. The number of likely N-dealkylation sites (N-methyl/N-ethyl adjacent to an activating group) is 2. The molecule has 1 aliphatic heterocycles. The molecule has 2 heterocycles. The summed E-state index contributed by atoms with van der Waals surface area (Å²) in [5.41, 5.74) is 5.49. The highest BCUT2D eigenvalue weighted by Crippen LogP contribution is 2.20. The van der Waals surface area contributed by atoms with Crippen LogP contribution in [0, 0.1) is 0 Å². The number of aromatic nitrogens is 2. The van der Waals surface area contributed by atoms with E-state index in [1.165, 1.54) is 6.42 Å². The third-order valence-corrected chi connectivity index (χ3v) is 3.69. The molecule has 0 spiro atoms. The molecule has 0 aromatic carbocycles. The van der Waals surface area contributed by atoms with Crippen molar-refractivity contribution < 1.29 is 4.52 Å². The Morgan fingerprint density at radius 1 is 1.32 bits per heavy atom. The van der Waals surface area contributed by atoms with Gasteiger partial charge in [-0.2, -0.15) is 4.98 Å². The molecule has 1 fully saturated rings. The van der Waals surface area contributed by atoms with E-state index in [4.69, 9.17) is 10.3 Å². The molecule has 108 valence electrons. The molecule has 0 amide bonds. The zero-order valence-electron chi connectivity index (χ0n) is 12.0. The van der Waals surface area contributed by atoms with E-state index in [1.807, 2.05) is 0 Å². The highest BCUT2D eigenvalue weighted by molar-refractivity contribution is 4.97. The monoisotopic (exact) mass is 267 g/mol. The lowest BCUT2D eigenvalue weighted by Gasteiger charge is -2.24. The molecule has 2 N–H and O–H groups in total. The van der Waals surface area contributed by atoms with Crippen molar-refractivity contribution in [2.75, 3.05) is 40.3 Å². The van der Waals surface area contributed by atoms with Gasteiger partial charge in [0.15, 0.2) is 5.82 Å². The molecule has 1 atom stereocenters. The maximum Gasteiger partial charge on any atom is 0.226 e. The van der Waals surface area contributed by atoms with Crippen molar-refractivity contribution in [1.29, 1.82) is 0 Å². The minimum Gasteiger partial charge on any atom is -0.339 e. The van der Waals surface area contributed by atoms with Gasteiger partial charge in [-0.1, -0.05) is 5.16 Å². The molecule has 6 heteroatoms. The van der Waals surface area contributed by atoms with Crippen molar-refractivity contribution in [2.45, 2.75) is 31.7 Å². The quantitative estimate of drug-likeness (QED) is 0.790. The Hall–Kier alpha value is -0.980. The van der Waals surface area contributed by atoms with E-state index in [1.54, 1.807) is 0 Å². The molecule has 1 aromatic heterocycles. The van der Waals surface area contributed by atoms with Crippen LogP contribution in [0.1, 0.15) is 37.0 Å². The number of nitrogens with zero attached hydrogens (tertiary/aromatic N) is 4. The maximum atomic E-state index is 5.49. The Morgan fingerprint density at radius 2 is 2.16 bits per heavy atom. The van der Waals surface area contributed by atoms with Crippen LogP contribution in [0.2, 0.25) is 0 Å². The van der Waals surface area contributed by atoms with Gasteiger partial charge in [0.2, 0.25) is 5.89 Å². The second kappa shape index (κ2) is 6.98. The Balaban J connectivity index is 1.99. The molecule has 1 aliphatic rings. The lowest BCUT2D eigenvalue weighted by Crippen LogP contribution is -2.31. The fraction of sp³-hybridized carbons (Fsp3) is 0.846. The standard InChI is InChI=1S/C13H25N5O/c1-17-8-5-9-18(2)11(10-17)13-15-12(19-16-13)6-3-4-7-14/h11H,3-10,14H2,1-2H3. The summed E-state index contributed by atoms with van der Waals surface area (Å²) in [7, 11) is 4.28. The summed E-state index contributed by atoms with van der Waals surface area (Å²) in [6, 6.07) is 0.236. The van der Waals surface area contributed by atoms with Crippen LogP contribution in [0.4, 0.5) is 0 Å². The van der Waals surface area contributed by atoms with Gasteiger partial charge in [-0.05, 0) is 53.0 Å². The molecular formula is C13H25N5O. The van der Waals surface area contributed by atoms with E-state index in [-0.39, 0.29) is 6.04 Å². The number of aryl methyl sites for hydroxylation is 1. The van der Waals surface area contributed by atoms with Crippen LogP contribution in [0.3, 0.4) is 0 Å². The number of hydrogen-bond donors (Lipinski definition) is 1. The first-order valence-electron chi connectivity index (χ1n) is 7.12. The van der Waals surface area contributed by atoms with E-state index in [0.29, 0.717) is 0 Å². The summed E-state index contributed by atoms with van der Waals surface area (Å²) < 4.78 is 5.34. The van der Waals surface area contributed by atoms with Crippen LogP contribution in [0.15, 0.2) is 4.52 Å². The predicted octanol–water partition coefficient (Wildman–Crippen LogP) is 0.659. The maximum absolute atomic E-state index is 5.49. The summed E-state index contributed by atoms with van der Waals surface area (Å²) in [4.78, 5) is 9.19. The summed E-state index contributed by atoms with van der Waals surface area (Å²) in [5, 5.41) is 4.16. The number of rotatable bonds is 5. The van der Waals surface area contributed by atoms with Crippen LogP contribution in [0.25, 0.3) is 0 Å². The van der Waals surface area contributed by atoms with Crippen LogP contribution in [-0.2, 0) is 6.42 Å². The molecule has 1 unspecified atom stereocenters. The Bertz CT molecular complexity index is 381. The first-order valence-corrected chi connectivity index (χ1v) is 7.12. The fourth-order valence-corrected chi connectivity index (χ4v) is 2.48. The minimum absolute atomic E-state index is 0.236. The first kappa shape index (κ1) is 14.4. The van der Waals surface area contributed by atoms with Gasteiger partial charge in [-0.3, -0.25) is 4.90 Å². The number of nitrogens with two attached hydrogens (primary N) is 1. The van der Waals surface area contributed by atoms with Gasteiger partial charge in [0, 0.05) is 13.0 Å². The van der Waals surface area contributed by atoms with E-state index < -0.39 is 0 Å². The Labute approximate surface area is 114 Å². The van der Waals surface area contributed by atoms with Crippen molar-refractivity contribution >= 4 is 0 Å². The summed E-state index contributed by atoms with van der Waals surface area (Å²) in [6.45, 7) is 3.88. The van der Waals surface area contributed by atoms with Crippen LogP contribution in [-0.4, -0.2) is 60.2 Å². The zero-order chi connectivity index (χ0) is 13.7. The normalized spacial score (nSPS) is 22.6. The van der Waals surface area contributed by atoms with Gasteiger partial charge in [-0.25, -0.2) is 0 Å². The highest BCUT2D eigenvalue weighted by atomic mass is 16.5. The molecule has 1 aromatic rings. The van der Waals surface area contributed by atoms with Gasteiger partial charge in [0.05, 0.1) is 6.04 Å². The lowest BCUT2D eigenvalue weighted by molar-refractivity contribution is 0.214. The largest absolute Gasteiger partial charge is 0.339 e. The SMILES string of the molecule is CN1CCCN(C)C(c2noc(CCCCN)n2)C1. The summed E-state index contributed by atoms with van der Waals surface area (Å²) in [5.74, 6) is 1.56. The van der Waals surface area contributed by atoms with E-state index in [0.717, 1.165) is 57.2 Å². The smallest absolute Gasteiger partial charge is 0.226 e. The predicted molar refractivity (Wildman–Crippen MR) is 73.8 cm³/mol. The molecule has 0 radical (unpaired) electrons. The third kappa shape index (κ3) is 3.99. The lowest BCUT2D eigenvalue weighted by atomic mass is 10.2. The van der Waals surface area contributed by atoms with E-state index in [9.17, 15) is 0 Å². The molecule has 0 aliphatic carbocycles. The van der Waals surface area contributed by atoms with Gasteiger partial charge in [-0.15, -0.1) is 0 Å². The average Bonchev–Trinajstić information content (AvgIpc) is 2.78. The summed E-state index contributed by atoms with van der Waals surface area (Å²) >= 11 is 0. The van der Waals surface area contributed by atoms with Gasteiger partial charge < -0.3 is 15.2 Å². The summed E-state index contributed by atoms with van der Waals surface area (Å²) in [6.07, 6.45) is 4.03. The molecular weight excluding hydrogens is 242 g/mol. The van der Waals surface area contributed by atoms with Crippen LogP contribution >= 0.6 is 0 Å². The average molecular weight is 267 g/mol. The molecule has 6 nitrogen and oxygen atoms in total. The van der Waals surface area contributed by atoms with Crippen molar-refractivity contribution in [3.05, 3.63) is 11.7 Å². The topological polar surface area (TPSA) is 71.4 Å². The van der Waals surface area contributed by atoms with Crippen LogP contribution in [0.5, 0.6) is 0 Å². The van der Waals surface area contributed by atoms with Gasteiger partial charge in [0.25, 0.3) is 0 Å². The van der Waals surface area contributed by atoms with Crippen molar-refractivity contribution in [3.63, 3.8) is 0 Å². The Kier molecular flexibility index (Phi) is 5.30. The van der Waals surface area contributed by atoms with Crippen molar-refractivity contribution in [2.24, 2.45) is 5.73 Å². The van der Waals surface area contributed by atoms with Gasteiger partial charge in [0.1, 0.15) is 0 Å². The second-order valence-electron chi connectivity index (χ2n) is 5.40. The molecule has 0 bridgehead atoms. The van der Waals surface area contributed by atoms with E-state index in [2.05, 4.69) is 34.0 Å². The van der Waals surface area contributed by atoms with Gasteiger partial charge >= 0.3 is 0 Å². The van der Waals surface area contributed by atoms with Crippen molar-refractivity contribution in [1.82, 2.24) is 19.9 Å². The molecule has 19 heavy (non-hydrogen) atoms. The molecule has 0 saturated carbocycles. The molecule has 2 rings (SSSR count). The van der Waals surface area contributed by atoms with Crippen LogP contribution < -0.4 is 5.73 Å². The van der Waals surface area contributed by atoms with E-state index >= 15 is 0 Å². The third-order valence-electron chi connectivity index (χ3n) is 3.69. The number of unbranched alkanes of at least 4 members (excludes halogenated alkanes) is 1. The minimum atomic E-state index is 0.236. The highest BCUT2D eigenvalue weighted by Gasteiger charge is 2.26. The van der Waals surface area contributed by atoms with Crippen molar-refractivity contribution in [3.8, 4) is 0 Å². The second-order valence-corrected chi connectivity index (χ2v) is 5.40.